The zero-order valence-corrected chi connectivity index (χ0v) is 13.2. The van der Waals surface area contributed by atoms with Gasteiger partial charge in [-0.25, -0.2) is 0 Å². The standard InChI is InChI=1S/C13H7BrN4S2/c14-9-4-1-3-8(7-9)11-15-16-13-18(11)17-12(20-13)10-5-2-6-19-10/h1-7H. The molecule has 0 saturated heterocycles. The number of hydrogen-bond acceptors (Lipinski definition) is 5. The largest absolute Gasteiger partial charge is 0.235 e. The van der Waals surface area contributed by atoms with E-state index in [0.717, 1.165) is 30.7 Å². The average molecular weight is 363 g/mol. The first-order valence-electron chi connectivity index (χ1n) is 5.83. The highest BCUT2D eigenvalue weighted by Crippen LogP contribution is 2.31. The first kappa shape index (κ1) is 12.2. The van der Waals surface area contributed by atoms with Crippen LogP contribution in [0.1, 0.15) is 0 Å². The molecule has 0 atom stereocenters. The Morgan fingerprint density at radius 1 is 1.10 bits per heavy atom. The lowest BCUT2D eigenvalue weighted by Gasteiger charge is -1.97. The highest BCUT2D eigenvalue weighted by atomic mass is 79.9. The summed E-state index contributed by atoms with van der Waals surface area (Å²) >= 11 is 6.70. The number of fused-ring (bicyclic) bond motifs is 1. The predicted octanol–water partition coefficient (Wildman–Crippen LogP) is 4.34. The van der Waals surface area contributed by atoms with Crippen molar-refractivity contribution >= 4 is 43.6 Å². The summed E-state index contributed by atoms with van der Waals surface area (Å²) in [7, 11) is 0. The molecule has 0 unspecified atom stereocenters. The lowest BCUT2D eigenvalue weighted by atomic mass is 10.2. The third-order valence-corrected chi connectivity index (χ3v) is 5.24. The number of halogens is 1. The first-order chi connectivity index (χ1) is 9.81. The maximum atomic E-state index is 4.63. The summed E-state index contributed by atoms with van der Waals surface area (Å²) in [6, 6.07) is 12.1. The molecule has 4 nitrogen and oxygen atoms in total. The van der Waals surface area contributed by atoms with E-state index < -0.39 is 0 Å². The van der Waals surface area contributed by atoms with Crippen LogP contribution >= 0.6 is 38.6 Å². The van der Waals surface area contributed by atoms with Crippen molar-refractivity contribution < 1.29 is 0 Å². The van der Waals surface area contributed by atoms with Gasteiger partial charge in [0.05, 0.1) is 4.88 Å². The SMILES string of the molecule is Brc1cccc(-c2nnc3sc(-c4cccs4)nn23)c1. The number of rotatable bonds is 2. The van der Waals surface area contributed by atoms with Gasteiger partial charge in [0, 0.05) is 10.0 Å². The van der Waals surface area contributed by atoms with Crippen molar-refractivity contribution in [1.29, 1.82) is 0 Å². The van der Waals surface area contributed by atoms with Crippen molar-refractivity contribution in [3.8, 4) is 21.3 Å². The minimum absolute atomic E-state index is 0.764. The fraction of sp³-hybridized carbons (Fsp3) is 0. The van der Waals surface area contributed by atoms with E-state index in [1.54, 1.807) is 22.7 Å². The smallest absolute Gasteiger partial charge is 0.182 e. The van der Waals surface area contributed by atoms with E-state index in [1.807, 2.05) is 40.2 Å². The van der Waals surface area contributed by atoms with Crippen LogP contribution in [-0.2, 0) is 0 Å². The van der Waals surface area contributed by atoms with Gasteiger partial charge in [-0.1, -0.05) is 45.5 Å². The summed E-state index contributed by atoms with van der Waals surface area (Å²) in [5.41, 5.74) is 0.995. The molecule has 3 heterocycles. The van der Waals surface area contributed by atoms with Crippen LogP contribution < -0.4 is 0 Å². The lowest BCUT2D eigenvalue weighted by Crippen LogP contribution is -1.90. The van der Waals surface area contributed by atoms with Crippen LogP contribution in [0.5, 0.6) is 0 Å². The second-order valence-corrected chi connectivity index (χ2v) is 6.93. The quantitative estimate of drug-likeness (QED) is 0.532. The highest BCUT2D eigenvalue weighted by molar-refractivity contribution is 9.10. The molecular weight excluding hydrogens is 356 g/mol. The van der Waals surface area contributed by atoms with E-state index in [4.69, 9.17) is 0 Å². The van der Waals surface area contributed by atoms with Gasteiger partial charge < -0.3 is 0 Å². The maximum absolute atomic E-state index is 4.63. The van der Waals surface area contributed by atoms with Crippen molar-refractivity contribution in [3.05, 3.63) is 46.3 Å². The van der Waals surface area contributed by atoms with Gasteiger partial charge in [-0.05, 0) is 23.6 Å². The van der Waals surface area contributed by atoms with Crippen molar-refractivity contribution in [2.24, 2.45) is 0 Å². The van der Waals surface area contributed by atoms with Gasteiger partial charge in [-0.2, -0.15) is 9.61 Å². The van der Waals surface area contributed by atoms with Gasteiger partial charge >= 0.3 is 0 Å². The Morgan fingerprint density at radius 2 is 2.05 bits per heavy atom. The van der Waals surface area contributed by atoms with Crippen LogP contribution in [0.4, 0.5) is 0 Å². The fourth-order valence-corrected chi connectivity index (χ4v) is 3.95. The minimum Gasteiger partial charge on any atom is -0.182 e. The molecule has 0 spiro atoms. The molecule has 0 aliphatic carbocycles. The summed E-state index contributed by atoms with van der Waals surface area (Å²) in [5.74, 6) is 0.764. The molecule has 0 amide bonds. The molecule has 0 aliphatic heterocycles. The van der Waals surface area contributed by atoms with Crippen molar-refractivity contribution in [2.75, 3.05) is 0 Å². The van der Waals surface area contributed by atoms with E-state index in [2.05, 4.69) is 37.3 Å². The van der Waals surface area contributed by atoms with E-state index in [1.165, 1.54) is 0 Å². The zero-order valence-electron chi connectivity index (χ0n) is 10.0. The molecule has 7 heteroatoms. The molecule has 0 fully saturated rings. The molecule has 3 aromatic heterocycles. The Hall–Kier alpha value is -1.57. The molecular formula is C13H7BrN4S2. The van der Waals surface area contributed by atoms with Crippen LogP contribution in [0.2, 0.25) is 0 Å². The molecule has 1 aromatic carbocycles. The summed E-state index contributed by atoms with van der Waals surface area (Å²) in [4.78, 5) is 1.96. The average Bonchev–Trinajstić information content (AvgIpc) is 3.14. The Labute approximate surface area is 130 Å². The van der Waals surface area contributed by atoms with Crippen LogP contribution in [0.3, 0.4) is 0 Å². The van der Waals surface area contributed by atoms with E-state index >= 15 is 0 Å². The topological polar surface area (TPSA) is 43.1 Å². The van der Waals surface area contributed by atoms with Crippen molar-refractivity contribution in [3.63, 3.8) is 0 Å². The molecule has 0 aliphatic rings. The number of thiophene rings is 1. The maximum Gasteiger partial charge on any atom is 0.235 e. The summed E-state index contributed by atoms with van der Waals surface area (Å²) < 4.78 is 2.82. The minimum atomic E-state index is 0.764. The Bertz CT molecular complexity index is 879. The van der Waals surface area contributed by atoms with E-state index in [-0.39, 0.29) is 0 Å². The van der Waals surface area contributed by atoms with Crippen LogP contribution in [0.15, 0.2) is 46.3 Å². The normalized spacial score (nSPS) is 11.2. The second kappa shape index (κ2) is 4.76. The molecule has 0 saturated carbocycles. The second-order valence-electron chi connectivity index (χ2n) is 4.11. The van der Waals surface area contributed by atoms with Gasteiger partial charge in [-0.3, -0.25) is 0 Å². The summed E-state index contributed by atoms with van der Waals surface area (Å²) in [6.45, 7) is 0. The number of hydrogen-bond donors (Lipinski definition) is 0. The van der Waals surface area contributed by atoms with Gasteiger partial charge in [0.2, 0.25) is 4.96 Å². The monoisotopic (exact) mass is 362 g/mol. The molecule has 20 heavy (non-hydrogen) atoms. The fourth-order valence-electron chi connectivity index (χ4n) is 1.92. The molecule has 4 rings (SSSR count). The van der Waals surface area contributed by atoms with E-state index in [9.17, 15) is 0 Å². The van der Waals surface area contributed by atoms with Gasteiger partial charge in [0.1, 0.15) is 0 Å². The van der Waals surface area contributed by atoms with Crippen molar-refractivity contribution in [2.45, 2.75) is 0 Å². The lowest BCUT2D eigenvalue weighted by molar-refractivity contribution is 0.972. The molecule has 0 radical (unpaired) electrons. The van der Waals surface area contributed by atoms with Crippen molar-refractivity contribution in [1.82, 2.24) is 19.8 Å². The molecule has 0 N–H and O–H groups in total. The highest BCUT2D eigenvalue weighted by Gasteiger charge is 2.14. The third kappa shape index (κ3) is 1.98. The van der Waals surface area contributed by atoms with Crippen LogP contribution in [-0.4, -0.2) is 19.8 Å². The van der Waals surface area contributed by atoms with Gasteiger partial charge in [-0.15, -0.1) is 21.5 Å². The number of benzene rings is 1. The third-order valence-electron chi connectivity index (χ3n) is 2.81. The predicted molar refractivity (Wildman–Crippen MR) is 85.1 cm³/mol. The Balaban J connectivity index is 1.89. The molecule has 0 bridgehead atoms. The first-order valence-corrected chi connectivity index (χ1v) is 8.32. The van der Waals surface area contributed by atoms with Gasteiger partial charge in [0.25, 0.3) is 0 Å². The summed E-state index contributed by atoms with van der Waals surface area (Å²) in [5, 5.41) is 16.1. The van der Waals surface area contributed by atoms with Crippen LogP contribution in [0, 0.1) is 0 Å². The number of nitrogens with zero attached hydrogens (tertiary/aromatic N) is 4. The van der Waals surface area contributed by atoms with E-state index in [0.29, 0.717) is 0 Å². The van der Waals surface area contributed by atoms with Gasteiger partial charge in [0.15, 0.2) is 10.8 Å². The zero-order chi connectivity index (χ0) is 13.5. The van der Waals surface area contributed by atoms with Crippen LogP contribution in [0.25, 0.3) is 26.2 Å². The number of aromatic nitrogens is 4. The molecule has 98 valence electrons. The summed E-state index contributed by atoms with van der Waals surface area (Å²) in [6.07, 6.45) is 0. The Morgan fingerprint density at radius 3 is 2.85 bits per heavy atom. The molecule has 4 aromatic rings. The Kier molecular flexibility index (Phi) is 2.90.